The number of sulfonamides is 1. The van der Waals surface area contributed by atoms with Crippen molar-refractivity contribution in [3.63, 3.8) is 0 Å². The maximum absolute atomic E-state index is 14.1. The Morgan fingerprint density at radius 2 is 1.69 bits per heavy atom. The van der Waals surface area contributed by atoms with Crippen LogP contribution >= 0.6 is 11.6 Å². The van der Waals surface area contributed by atoms with Crippen LogP contribution in [0.25, 0.3) is 0 Å². The summed E-state index contributed by atoms with van der Waals surface area (Å²) in [6, 6.07) is 17.9. The highest BCUT2D eigenvalue weighted by molar-refractivity contribution is 7.92. The average Bonchev–Trinajstić information content (AvgIpc) is 3.47. The van der Waals surface area contributed by atoms with Crippen LogP contribution in [-0.2, 0) is 26.2 Å². The molecular formula is C32H38ClN3O5S. The molecule has 0 spiro atoms. The summed E-state index contributed by atoms with van der Waals surface area (Å²) in [4.78, 5) is 29.0. The van der Waals surface area contributed by atoms with Gasteiger partial charge in [0.25, 0.3) is 10.0 Å². The third-order valence-electron chi connectivity index (χ3n) is 7.62. The fourth-order valence-corrected chi connectivity index (χ4v) is 6.82. The molecular weight excluding hydrogens is 574 g/mol. The lowest BCUT2D eigenvalue weighted by Gasteiger charge is -2.32. The number of carbonyl (C=O) groups is 2. The van der Waals surface area contributed by atoms with Gasteiger partial charge in [0.15, 0.2) is 0 Å². The van der Waals surface area contributed by atoms with Gasteiger partial charge in [-0.25, -0.2) is 8.42 Å². The summed E-state index contributed by atoms with van der Waals surface area (Å²) in [5.74, 6) is -0.408. The van der Waals surface area contributed by atoms with Crippen molar-refractivity contribution in [3.8, 4) is 5.75 Å². The van der Waals surface area contributed by atoms with Crippen LogP contribution in [0.3, 0.4) is 0 Å². The van der Waals surface area contributed by atoms with E-state index in [9.17, 15) is 18.0 Å². The molecule has 2 amide bonds. The fraction of sp³-hybridized carbons (Fsp3) is 0.375. The van der Waals surface area contributed by atoms with E-state index in [0.29, 0.717) is 5.75 Å². The highest BCUT2D eigenvalue weighted by atomic mass is 35.5. The third-order valence-corrected chi connectivity index (χ3v) is 9.70. The highest BCUT2D eigenvalue weighted by Crippen LogP contribution is 2.32. The Hall–Kier alpha value is -3.56. The third kappa shape index (κ3) is 7.44. The minimum Gasteiger partial charge on any atom is -0.495 e. The second-order valence-corrected chi connectivity index (χ2v) is 13.1. The Balaban J connectivity index is 1.71. The molecule has 4 rings (SSSR count). The van der Waals surface area contributed by atoms with Crippen molar-refractivity contribution in [3.05, 3.63) is 88.4 Å². The molecule has 3 aromatic rings. The van der Waals surface area contributed by atoms with Gasteiger partial charge < -0.3 is 15.0 Å². The number of aryl methyl sites for hydroxylation is 2. The van der Waals surface area contributed by atoms with E-state index in [0.717, 1.165) is 46.7 Å². The smallest absolute Gasteiger partial charge is 0.264 e. The largest absolute Gasteiger partial charge is 0.495 e. The summed E-state index contributed by atoms with van der Waals surface area (Å²) < 4.78 is 34.3. The van der Waals surface area contributed by atoms with Gasteiger partial charge >= 0.3 is 0 Å². The molecule has 0 heterocycles. The van der Waals surface area contributed by atoms with Crippen molar-refractivity contribution < 1.29 is 22.7 Å². The van der Waals surface area contributed by atoms with Crippen LogP contribution in [0.15, 0.2) is 71.6 Å². The van der Waals surface area contributed by atoms with Crippen LogP contribution in [0.5, 0.6) is 5.75 Å². The molecule has 224 valence electrons. The van der Waals surface area contributed by atoms with Crippen molar-refractivity contribution >= 4 is 39.1 Å². The van der Waals surface area contributed by atoms with E-state index in [1.54, 1.807) is 31.2 Å². The summed E-state index contributed by atoms with van der Waals surface area (Å²) in [6.45, 7) is 5.10. The van der Waals surface area contributed by atoms with Gasteiger partial charge in [0.2, 0.25) is 11.8 Å². The van der Waals surface area contributed by atoms with Gasteiger partial charge in [-0.15, -0.1) is 0 Å². The van der Waals surface area contributed by atoms with Crippen LogP contribution in [0.1, 0.15) is 49.3 Å². The normalized spacial score (nSPS) is 14.3. The molecule has 0 aliphatic heterocycles. The second-order valence-electron chi connectivity index (χ2n) is 10.8. The number of anilines is 1. The van der Waals surface area contributed by atoms with E-state index in [4.69, 9.17) is 16.3 Å². The summed E-state index contributed by atoms with van der Waals surface area (Å²) in [5.41, 5.74) is 2.95. The number of methoxy groups -OCH3 is 1. The summed E-state index contributed by atoms with van der Waals surface area (Å²) >= 11 is 6.39. The van der Waals surface area contributed by atoms with E-state index < -0.39 is 28.5 Å². The molecule has 0 aromatic heterocycles. The van der Waals surface area contributed by atoms with Crippen LogP contribution in [0.2, 0.25) is 5.02 Å². The average molecular weight is 612 g/mol. The molecule has 0 radical (unpaired) electrons. The minimum absolute atomic E-state index is 0.0325. The Morgan fingerprint density at radius 3 is 2.31 bits per heavy atom. The lowest BCUT2D eigenvalue weighted by molar-refractivity contribution is -0.139. The van der Waals surface area contributed by atoms with Crippen molar-refractivity contribution in [1.82, 2.24) is 10.2 Å². The molecule has 1 atom stereocenters. The number of amides is 2. The first-order valence-electron chi connectivity index (χ1n) is 14.1. The first-order chi connectivity index (χ1) is 20.0. The maximum Gasteiger partial charge on any atom is 0.264 e. The lowest BCUT2D eigenvalue weighted by Crippen LogP contribution is -2.52. The molecule has 42 heavy (non-hydrogen) atoms. The molecule has 0 unspecified atom stereocenters. The van der Waals surface area contributed by atoms with Gasteiger partial charge in [-0.05, 0) is 69.5 Å². The monoisotopic (exact) mass is 611 g/mol. The predicted octanol–water partition coefficient (Wildman–Crippen LogP) is 5.64. The van der Waals surface area contributed by atoms with Crippen LogP contribution in [0, 0.1) is 13.8 Å². The molecule has 1 saturated carbocycles. The van der Waals surface area contributed by atoms with Gasteiger partial charge in [0.1, 0.15) is 18.3 Å². The Bertz CT molecular complexity index is 1520. The lowest BCUT2D eigenvalue weighted by atomic mass is 10.1. The second kappa shape index (κ2) is 13.6. The predicted molar refractivity (Wildman–Crippen MR) is 165 cm³/mol. The van der Waals surface area contributed by atoms with E-state index in [1.165, 1.54) is 30.2 Å². The van der Waals surface area contributed by atoms with Crippen molar-refractivity contribution in [1.29, 1.82) is 0 Å². The molecule has 1 fully saturated rings. The number of hydrogen-bond donors (Lipinski definition) is 1. The number of nitrogens with one attached hydrogen (secondary N) is 1. The minimum atomic E-state index is -4.19. The number of rotatable bonds is 11. The molecule has 8 nitrogen and oxygen atoms in total. The van der Waals surface area contributed by atoms with Crippen molar-refractivity contribution in [2.75, 3.05) is 18.0 Å². The summed E-state index contributed by atoms with van der Waals surface area (Å²) in [5, 5.41) is 3.28. The molecule has 0 saturated heterocycles. The zero-order valence-electron chi connectivity index (χ0n) is 24.5. The molecule has 1 aliphatic carbocycles. The van der Waals surface area contributed by atoms with Gasteiger partial charge in [-0.3, -0.25) is 13.9 Å². The topological polar surface area (TPSA) is 96.0 Å². The number of nitrogens with zero attached hydrogens (tertiary/aromatic N) is 2. The van der Waals surface area contributed by atoms with Crippen molar-refractivity contribution in [2.45, 2.75) is 70.0 Å². The van der Waals surface area contributed by atoms with Gasteiger partial charge in [0.05, 0.1) is 22.7 Å². The van der Waals surface area contributed by atoms with E-state index in [-0.39, 0.29) is 34.1 Å². The molecule has 3 aromatic carbocycles. The molecule has 1 aliphatic rings. The first-order valence-corrected chi connectivity index (χ1v) is 15.9. The Kier molecular flexibility index (Phi) is 10.2. The standard InChI is InChI=1S/C32H38ClN3O5S/c1-22-12-15-28(16-13-22)42(39,40)36(27-14-17-30(41-4)29(33)19-27)21-31(37)35(20-25-9-7-8-23(2)18-25)24(3)32(38)34-26-10-5-6-11-26/h7-9,12-19,24,26H,5-6,10-11,20-21H2,1-4H3,(H,34,38)/t24-/m1/s1. The first kappa shape index (κ1) is 31.4. The zero-order chi connectivity index (χ0) is 30.4. The number of carbonyl (C=O) groups excluding carboxylic acids is 2. The van der Waals surface area contributed by atoms with Gasteiger partial charge in [-0.1, -0.05) is 72.0 Å². The van der Waals surface area contributed by atoms with Crippen LogP contribution in [0.4, 0.5) is 5.69 Å². The molecule has 1 N–H and O–H groups in total. The van der Waals surface area contributed by atoms with Crippen LogP contribution in [-0.4, -0.2) is 50.9 Å². The van der Waals surface area contributed by atoms with E-state index in [1.807, 2.05) is 38.1 Å². The summed E-state index contributed by atoms with van der Waals surface area (Å²) in [7, 11) is -2.73. The molecule has 10 heteroatoms. The number of halogens is 1. The Labute approximate surface area is 253 Å². The van der Waals surface area contributed by atoms with Gasteiger partial charge in [-0.2, -0.15) is 0 Å². The van der Waals surface area contributed by atoms with E-state index in [2.05, 4.69) is 5.32 Å². The number of ether oxygens (including phenoxy) is 1. The summed E-state index contributed by atoms with van der Waals surface area (Å²) in [6.07, 6.45) is 3.93. The quantitative estimate of drug-likeness (QED) is 0.303. The molecule has 0 bridgehead atoms. The number of benzene rings is 3. The highest BCUT2D eigenvalue weighted by Gasteiger charge is 2.33. The fourth-order valence-electron chi connectivity index (χ4n) is 5.16. The number of hydrogen-bond acceptors (Lipinski definition) is 5. The maximum atomic E-state index is 14.1. The van der Waals surface area contributed by atoms with Crippen LogP contribution < -0.4 is 14.4 Å². The zero-order valence-corrected chi connectivity index (χ0v) is 26.0. The van der Waals surface area contributed by atoms with E-state index >= 15 is 0 Å². The van der Waals surface area contributed by atoms with Gasteiger partial charge in [0, 0.05) is 12.6 Å². The SMILES string of the molecule is COc1ccc(N(CC(=O)N(Cc2cccc(C)c2)[C@H](C)C(=O)NC2CCCC2)S(=O)(=O)c2ccc(C)cc2)cc1Cl. The Morgan fingerprint density at radius 1 is 1.00 bits per heavy atom. The van der Waals surface area contributed by atoms with Crippen molar-refractivity contribution in [2.24, 2.45) is 0 Å².